The molecule has 3 aliphatic heterocycles. The van der Waals surface area contributed by atoms with Gasteiger partial charge in [-0.2, -0.15) is 0 Å². The summed E-state index contributed by atoms with van der Waals surface area (Å²) in [4.78, 5) is 9.09. The molecule has 0 atom stereocenters. The summed E-state index contributed by atoms with van der Waals surface area (Å²) < 4.78 is 4.19. The predicted octanol–water partition coefficient (Wildman–Crippen LogP) is 1.06. The summed E-state index contributed by atoms with van der Waals surface area (Å²) in [5.74, 6) is 0. The van der Waals surface area contributed by atoms with Crippen LogP contribution in [-0.4, -0.2) is 35.7 Å². The number of aromatic amines is 1. The Labute approximate surface area is 136 Å². The Morgan fingerprint density at radius 1 is 0.875 bits per heavy atom. The molecule has 0 spiro atoms. The highest BCUT2D eigenvalue weighted by Crippen LogP contribution is 2.16. The minimum Gasteiger partial charge on any atom is -0.332 e. The standard InChI is InChI=1S/C18H14N6/c1-5-17-18-6-4-16-11-22-8-7-21(12-22)10-15-3-2-14(9-13(1)19-17)23(15)20-24(16)18/h1-11,20H,12H2. The zero-order valence-corrected chi connectivity index (χ0v) is 12.8. The van der Waals surface area contributed by atoms with E-state index in [1.165, 1.54) is 0 Å². The van der Waals surface area contributed by atoms with Crippen LogP contribution in [0.1, 0.15) is 11.4 Å². The van der Waals surface area contributed by atoms with Crippen LogP contribution in [0.5, 0.6) is 0 Å². The smallest absolute Gasteiger partial charge is 0.0979 e. The summed E-state index contributed by atoms with van der Waals surface area (Å²) >= 11 is 0. The van der Waals surface area contributed by atoms with E-state index in [-0.39, 0.29) is 0 Å². The Hall–Kier alpha value is -3.41. The monoisotopic (exact) mass is 314 g/mol. The van der Waals surface area contributed by atoms with E-state index >= 15 is 0 Å². The first kappa shape index (κ1) is 12.1. The topological polar surface area (TPSA) is 44.0 Å². The first-order valence-electron chi connectivity index (χ1n) is 7.92. The summed E-state index contributed by atoms with van der Waals surface area (Å²) in [7, 11) is 0. The van der Waals surface area contributed by atoms with Crippen LogP contribution in [-0.2, 0) is 0 Å². The van der Waals surface area contributed by atoms with E-state index in [0.717, 1.165) is 39.8 Å². The fraction of sp³-hybridized carbons (Fsp3) is 0.0556. The van der Waals surface area contributed by atoms with Crippen molar-refractivity contribution in [3.63, 3.8) is 0 Å². The van der Waals surface area contributed by atoms with Crippen molar-refractivity contribution in [2.45, 2.75) is 0 Å². The van der Waals surface area contributed by atoms with Gasteiger partial charge in [-0.15, -0.1) is 0 Å². The van der Waals surface area contributed by atoms with Crippen LogP contribution in [0, 0.1) is 0 Å². The molecule has 0 unspecified atom stereocenters. The second-order valence-electron chi connectivity index (χ2n) is 6.22. The molecular formula is C18H14N6. The molecule has 6 heterocycles. The molecule has 0 radical (unpaired) electrons. The summed E-state index contributed by atoms with van der Waals surface area (Å²) in [5.41, 5.74) is 4.06. The first-order valence-corrected chi connectivity index (χ1v) is 7.92. The van der Waals surface area contributed by atoms with Gasteiger partial charge in [0.25, 0.3) is 0 Å². The Balaban J connectivity index is 1.95. The number of hydrogen-bond donors (Lipinski definition) is 1. The minimum atomic E-state index is 0.808. The van der Waals surface area contributed by atoms with Gasteiger partial charge in [-0.3, -0.25) is 0 Å². The average molecular weight is 314 g/mol. The Bertz CT molecular complexity index is 1250. The van der Waals surface area contributed by atoms with E-state index < -0.39 is 0 Å². The molecule has 0 saturated carbocycles. The summed E-state index contributed by atoms with van der Waals surface area (Å²) in [5, 5.41) is 5.70. The van der Waals surface area contributed by atoms with Gasteiger partial charge in [-0.05, 0) is 42.5 Å². The molecule has 3 aliphatic rings. The number of nitrogens with one attached hydrogen (secondary N) is 1. The lowest BCUT2D eigenvalue weighted by Gasteiger charge is -2.15. The van der Waals surface area contributed by atoms with Gasteiger partial charge in [0.05, 0.1) is 39.8 Å². The van der Waals surface area contributed by atoms with Crippen LogP contribution in [0.3, 0.4) is 0 Å². The van der Waals surface area contributed by atoms with Gasteiger partial charge in [0.15, 0.2) is 0 Å². The highest BCUT2D eigenvalue weighted by atomic mass is 15.4. The lowest BCUT2D eigenvalue weighted by atomic mass is 10.3. The van der Waals surface area contributed by atoms with Gasteiger partial charge in [-0.25, -0.2) is 19.2 Å². The van der Waals surface area contributed by atoms with E-state index in [0.29, 0.717) is 0 Å². The molecule has 3 aromatic heterocycles. The van der Waals surface area contributed by atoms with Crippen molar-refractivity contribution >= 4 is 35.6 Å². The third-order valence-corrected chi connectivity index (χ3v) is 4.64. The van der Waals surface area contributed by atoms with Crippen molar-refractivity contribution in [2.75, 3.05) is 6.67 Å². The summed E-state index contributed by atoms with van der Waals surface area (Å²) in [6.45, 7) is 0.808. The average Bonchev–Trinajstić information content (AvgIpc) is 3.33. The van der Waals surface area contributed by atoms with Crippen molar-refractivity contribution in [2.24, 2.45) is 0 Å². The van der Waals surface area contributed by atoms with E-state index in [1.807, 2.05) is 0 Å². The van der Waals surface area contributed by atoms with Crippen LogP contribution in [0.15, 0.2) is 42.7 Å². The molecule has 1 N–H and O–H groups in total. The molecule has 3 aromatic rings. The molecule has 116 valence electrons. The molecule has 6 bridgehead atoms. The first-order chi connectivity index (χ1) is 11.8. The van der Waals surface area contributed by atoms with Gasteiger partial charge in [-0.1, -0.05) is 0 Å². The molecule has 24 heavy (non-hydrogen) atoms. The number of rotatable bonds is 0. The zero-order chi connectivity index (χ0) is 15.7. The SMILES string of the molecule is C1=Cc2nc1cc1ccc3n1[nH]n1c(ccc21)=CN1C=CN(C=3)C1. The van der Waals surface area contributed by atoms with Crippen molar-refractivity contribution in [1.29, 1.82) is 0 Å². The second kappa shape index (κ2) is 4.11. The lowest BCUT2D eigenvalue weighted by Crippen LogP contribution is -2.27. The third-order valence-electron chi connectivity index (χ3n) is 4.64. The maximum absolute atomic E-state index is 4.75. The molecule has 0 aromatic carbocycles. The maximum atomic E-state index is 4.75. The van der Waals surface area contributed by atoms with Crippen molar-refractivity contribution in [1.82, 2.24) is 29.0 Å². The number of hydrogen-bond acceptors (Lipinski definition) is 3. The van der Waals surface area contributed by atoms with Crippen LogP contribution in [0.25, 0.3) is 35.6 Å². The quantitative estimate of drug-likeness (QED) is 0.528. The molecule has 6 heteroatoms. The molecule has 0 amide bonds. The van der Waals surface area contributed by atoms with Crippen molar-refractivity contribution in [3.8, 4) is 0 Å². The van der Waals surface area contributed by atoms with Crippen LogP contribution in [0.2, 0.25) is 0 Å². The van der Waals surface area contributed by atoms with Gasteiger partial charge < -0.3 is 9.80 Å². The molecule has 0 saturated heterocycles. The van der Waals surface area contributed by atoms with Gasteiger partial charge in [0.1, 0.15) is 0 Å². The van der Waals surface area contributed by atoms with Crippen LogP contribution in [0.4, 0.5) is 0 Å². The third kappa shape index (κ3) is 1.57. The predicted molar refractivity (Wildman–Crippen MR) is 92.9 cm³/mol. The molecule has 0 fully saturated rings. The minimum absolute atomic E-state index is 0.808. The largest absolute Gasteiger partial charge is 0.332 e. The number of nitrogens with zero attached hydrogens (tertiary/aromatic N) is 5. The van der Waals surface area contributed by atoms with Gasteiger partial charge >= 0.3 is 0 Å². The summed E-state index contributed by atoms with van der Waals surface area (Å²) in [6.07, 6.45) is 12.6. The van der Waals surface area contributed by atoms with Crippen molar-refractivity contribution in [3.05, 3.63) is 64.8 Å². The second-order valence-corrected chi connectivity index (χ2v) is 6.22. The fourth-order valence-corrected chi connectivity index (χ4v) is 3.48. The van der Waals surface area contributed by atoms with Crippen molar-refractivity contribution < 1.29 is 0 Å². The van der Waals surface area contributed by atoms with E-state index in [9.17, 15) is 0 Å². The van der Waals surface area contributed by atoms with E-state index in [4.69, 9.17) is 4.98 Å². The Morgan fingerprint density at radius 3 is 2.54 bits per heavy atom. The number of H-pyrrole nitrogens is 1. The number of fused-ring (bicyclic) bond motifs is 5. The molecule has 6 rings (SSSR count). The zero-order valence-electron chi connectivity index (χ0n) is 12.8. The van der Waals surface area contributed by atoms with Crippen LogP contribution < -0.4 is 10.7 Å². The lowest BCUT2D eigenvalue weighted by molar-refractivity contribution is 0.434. The Morgan fingerprint density at radius 2 is 1.67 bits per heavy atom. The van der Waals surface area contributed by atoms with Gasteiger partial charge in [0, 0.05) is 24.8 Å². The van der Waals surface area contributed by atoms with E-state index in [2.05, 4.69) is 91.3 Å². The maximum Gasteiger partial charge on any atom is 0.0979 e. The fourth-order valence-electron chi connectivity index (χ4n) is 3.48. The number of aromatic nitrogens is 4. The molecule has 6 nitrogen and oxygen atoms in total. The highest BCUT2D eigenvalue weighted by molar-refractivity contribution is 5.79. The molecule has 0 aliphatic carbocycles. The molecular weight excluding hydrogens is 300 g/mol. The highest BCUT2D eigenvalue weighted by Gasteiger charge is 2.12. The summed E-state index contributed by atoms with van der Waals surface area (Å²) in [6, 6.07) is 10.6. The van der Waals surface area contributed by atoms with E-state index in [1.54, 1.807) is 0 Å². The van der Waals surface area contributed by atoms with Crippen LogP contribution >= 0.6 is 0 Å². The normalized spacial score (nSPS) is 16.3. The Kier molecular flexibility index (Phi) is 2.07. The van der Waals surface area contributed by atoms with Gasteiger partial charge in [0.2, 0.25) is 0 Å².